The van der Waals surface area contributed by atoms with Crippen molar-refractivity contribution in [2.45, 2.75) is 44.6 Å². The first-order valence-corrected chi connectivity index (χ1v) is 14.0. The smallest absolute Gasteiger partial charge is 0.247 e. The lowest BCUT2D eigenvalue weighted by Crippen LogP contribution is -2.54. The first-order valence-electron chi connectivity index (χ1n) is 12.1. The standard InChI is InChI=1S/C27H29Cl2IN2O7/c1-3-24(35)32(13-15-4-5-18(28)19(29)8-15)21-11-17(27(37)31-6-7-33)12-22(25(21)36)39-26-20(30)9-16(14-34)10-23(26)38-2/h4-5,8-10,12,14,21-22,25,33,36H,3,6-7,11,13H2,1-2H3,(H,31,37)/t21-,22+,25+/m1/s1. The van der Waals surface area contributed by atoms with Crippen LogP contribution in [0.3, 0.4) is 0 Å². The van der Waals surface area contributed by atoms with Gasteiger partial charge < -0.3 is 29.9 Å². The molecule has 3 N–H and O–H groups in total. The highest BCUT2D eigenvalue weighted by atomic mass is 127. The van der Waals surface area contributed by atoms with Crippen molar-refractivity contribution in [3.63, 3.8) is 0 Å². The van der Waals surface area contributed by atoms with Crippen LogP contribution in [0.25, 0.3) is 0 Å². The Kier molecular flexibility index (Phi) is 11.4. The molecule has 3 atom stereocenters. The van der Waals surface area contributed by atoms with Crippen LogP contribution in [0.1, 0.15) is 35.7 Å². The van der Waals surface area contributed by atoms with Gasteiger partial charge in [-0.05, 0) is 58.5 Å². The molecule has 2 amide bonds. The fourth-order valence-electron chi connectivity index (χ4n) is 4.27. The molecular weight excluding hydrogens is 662 g/mol. The minimum Gasteiger partial charge on any atom is -0.493 e. The summed E-state index contributed by atoms with van der Waals surface area (Å²) >= 11 is 14.2. The Morgan fingerprint density at radius 3 is 2.59 bits per heavy atom. The van der Waals surface area contributed by atoms with E-state index < -0.39 is 24.2 Å². The molecule has 1 aliphatic carbocycles. The number of benzene rings is 2. The van der Waals surface area contributed by atoms with Crippen LogP contribution in [0.15, 0.2) is 42.0 Å². The van der Waals surface area contributed by atoms with Gasteiger partial charge in [0.2, 0.25) is 11.8 Å². The van der Waals surface area contributed by atoms with Crippen LogP contribution < -0.4 is 14.8 Å². The van der Waals surface area contributed by atoms with Gasteiger partial charge in [-0.25, -0.2) is 0 Å². The van der Waals surface area contributed by atoms with E-state index in [0.717, 1.165) is 0 Å². The fraction of sp³-hybridized carbons (Fsp3) is 0.370. The van der Waals surface area contributed by atoms with E-state index in [1.807, 2.05) is 22.6 Å². The molecule has 3 rings (SSSR count). The Balaban J connectivity index is 2.03. The summed E-state index contributed by atoms with van der Waals surface area (Å²) in [5, 5.41) is 24.0. The van der Waals surface area contributed by atoms with E-state index in [2.05, 4.69) is 5.32 Å². The van der Waals surface area contributed by atoms with Crippen molar-refractivity contribution in [3.05, 3.63) is 66.7 Å². The lowest BCUT2D eigenvalue weighted by Gasteiger charge is -2.40. The van der Waals surface area contributed by atoms with Gasteiger partial charge in [-0.3, -0.25) is 14.4 Å². The topological polar surface area (TPSA) is 125 Å². The summed E-state index contributed by atoms with van der Waals surface area (Å²) in [6, 6.07) is 7.28. The number of hydrogen-bond donors (Lipinski definition) is 3. The third-order valence-electron chi connectivity index (χ3n) is 6.22. The Bertz CT molecular complexity index is 1260. The van der Waals surface area contributed by atoms with E-state index in [9.17, 15) is 24.6 Å². The molecule has 0 saturated heterocycles. The zero-order valence-electron chi connectivity index (χ0n) is 21.3. The maximum Gasteiger partial charge on any atom is 0.247 e. The van der Waals surface area contributed by atoms with Crippen molar-refractivity contribution in [2.75, 3.05) is 20.3 Å². The summed E-state index contributed by atoms with van der Waals surface area (Å²) in [6.07, 6.45) is 0.104. The van der Waals surface area contributed by atoms with Crippen LogP contribution in [-0.2, 0) is 16.1 Å². The average Bonchev–Trinajstić information content (AvgIpc) is 2.93. The van der Waals surface area contributed by atoms with Crippen LogP contribution in [0, 0.1) is 3.57 Å². The van der Waals surface area contributed by atoms with Crippen molar-refractivity contribution in [1.29, 1.82) is 0 Å². The summed E-state index contributed by atoms with van der Waals surface area (Å²) < 4.78 is 12.2. The van der Waals surface area contributed by atoms with Crippen molar-refractivity contribution >= 4 is 63.9 Å². The largest absolute Gasteiger partial charge is 0.493 e. The minimum atomic E-state index is -1.23. The van der Waals surface area contributed by atoms with E-state index in [1.54, 1.807) is 31.2 Å². The van der Waals surface area contributed by atoms with Crippen molar-refractivity contribution in [3.8, 4) is 11.5 Å². The Morgan fingerprint density at radius 1 is 1.23 bits per heavy atom. The maximum absolute atomic E-state index is 13.2. The molecular formula is C27H29Cl2IN2O7. The summed E-state index contributed by atoms with van der Waals surface area (Å²) in [5.41, 5.74) is 1.36. The maximum atomic E-state index is 13.2. The Morgan fingerprint density at radius 2 is 1.97 bits per heavy atom. The van der Waals surface area contributed by atoms with Crippen LogP contribution in [-0.4, -0.2) is 71.7 Å². The summed E-state index contributed by atoms with van der Waals surface area (Å²) in [7, 11) is 1.43. The van der Waals surface area contributed by atoms with Crippen molar-refractivity contribution in [1.82, 2.24) is 10.2 Å². The summed E-state index contributed by atoms with van der Waals surface area (Å²) in [5.74, 6) is -0.151. The molecule has 0 heterocycles. The fourth-order valence-corrected chi connectivity index (χ4v) is 5.34. The second kappa shape index (κ2) is 14.3. The number of nitrogens with zero attached hydrogens (tertiary/aromatic N) is 1. The molecule has 0 aliphatic heterocycles. The predicted octanol–water partition coefficient (Wildman–Crippen LogP) is 3.77. The van der Waals surface area contributed by atoms with Gasteiger partial charge in [0.15, 0.2) is 11.5 Å². The number of aldehydes is 1. The molecule has 0 fully saturated rings. The number of aliphatic hydroxyl groups is 2. The number of aliphatic hydroxyl groups excluding tert-OH is 2. The molecule has 0 radical (unpaired) electrons. The highest BCUT2D eigenvalue weighted by Gasteiger charge is 2.40. The van der Waals surface area contributed by atoms with Gasteiger partial charge >= 0.3 is 0 Å². The number of methoxy groups -OCH3 is 1. The summed E-state index contributed by atoms with van der Waals surface area (Å²) in [6.45, 7) is 1.61. The van der Waals surface area contributed by atoms with Gasteiger partial charge in [-0.15, -0.1) is 0 Å². The first-order chi connectivity index (χ1) is 18.6. The lowest BCUT2D eigenvalue weighted by molar-refractivity contribution is -0.139. The molecule has 2 aromatic rings. The monoisotopic (exact) mass is 690 g/mol. The number of hydrogen-bond acceptors (Lipinski definition) is 7. The van der Waals surface area contributed by atoms with Gasteiger partial charge in [-0.1, -0.05) is 36.2 Å². The molecule has 9 nitrogen and oxygen atoms in total. The molecule has 39 heavy (non-hydrogen) atoms. The number of ether oxygens (including phenoxy) is 2. The third-order valence-corrected chi connectivity index (χ3v) is 7.76. The molecule has 0 bridgehead atoms. The highest BCUT2D eigenvalue weighted by Crippen LogP contribution is 2.37. The number of carbonyl (C=O) groups excluding carboxylic acids is 3. The van der Waals surface area contributed by atoms with E-state index in [4.69, 9.17) is 32.7 Å². The SMILES string of the molecule is CCC(=O)N(Cc1ccc(Cl)c(Cl)c1)[C@@H]1CC(C(=O)NCCO)=C[C@H](Oc2c(I)cc(C=O)cc2OC)[C@H]1O. The molecule has 2 aromatic carbocycles. The molecule has 0 unspecified atom stereocenters. The molecule has 0 aromatic heterocycles. The van der Waals surface area contributed by atoms with E-state index >= 15 is 0 Å². The first kappa shape index (κ1) is 31.2. The average molecular weight is 691 g/mol. The highest BCUT2D eigenvalue weighted by molar-refractivity contribution is 14.1. The second-order valence-electron chi connectivity index (χ2n) is 8.79. The third kappa shape index (κ3) is 7.63. The van der Waals surface area contributed by atoms with Crippen molar-refractivity contribution < 1.29 is 34.1 Å². The van der Waals surface area contributed by atoms with E-state index in [-0.39, 0.29) is 55.5 Å². The molecule has 0 spiro atoms. The number of nitrogens with one attached hydrogen (secondary N) is 1. The van der Waals surface area contributed by atoms with Gasteiger partial charge in [0.05, 0.1) is 33.4 Å². The van der Waals surface area contributed by atoms with E-state index in [1.165, 1.54) is 24.2 Å². The van der Waals surface area contributed by atoms with Gasteiger partial charge in [0.1, 0.15) is 18.5 Å². The molecule has 210 valence electrons. The van der Waals surface area contributed by atoms with Crippen LogP contribution in [0.5, 0.6) is 11.5 Å². The minimum absolute atomic E-state index is 0.0364. The van der Waals surface area contributed by atoms with Crippen LogP contribution in [0.4, 0.5) is 0 Å². The van der Waals surface area contributed by atoms with Gasteiger partial charge in [0, 0.05) is 37.1 Å². The molecule has 12 heteroatoms. The Labute approximate surface area is 250 Å². The number of halogens is 3. The zero-order chi connectivity index (χ0) is 28.7. The zero-order valence-corrected chi connectivity index (χ0v) is 25.0. The Hall–Kier alpha value is -2.38. The van der Waals surface area contributed by atoms with Gasteiger partial charge in [0.25, 0.3) is 0 Å². The number of amides is 2. The number of carbonyl (C=O) groups is 3. The van der Waals surface area contributed by atoms with Crippen LogP contribution in [0.2, 0.25) is 10.0 Å². The lowest BCUT2D eigenvalue weighted by atomic mass is 9.87. The molecule has 1 aliphatic rings. The number of rotatable bonds is 11. The van der Waals surface area contributed by atoms with Crippen LogP contribution >= 0.6 is 45.8 Å². The second-order valence-corrected chi connectivity index (χ2v) is 10.8. The van der Waals surface area contributed by atoms with E-state index in [0.29, 0.717) is 31.0 Å². The van der Waals surface area contributed by atoms with Crippen molar-refractivity contribution in [2.24, 2.45) is 0 Å². The van der Waals surface area contributed by atoms with Gasteiger partial charge in [-0.2, -0.15) is 0 Å². The molecule has 0 saturated carbocycles. The normalized spacial score (nSPS) is 18.6. The summed E-state index contributed by atoms with van der Waals surface area (Å²) in [4.78, 5) is 38.9. The quantitative estimate of drug-likeness (QED) is 0.242. The predicted molar refractivity (Wildman–Crippen MR) is 155 cm³/mol.